The Bertz CT molecular complexity index is 807. The van der Waals surface area contributed by atoms with Crippen LogP contribution >= 0.6 is 0 Å². The van der Waals surface area contributed by atoms with E-state index in [9.17, 15) is 9.59 Å². The summed E-state index contributed by atoms with van der Waals surface area (Å²) in [6, 6.07) is 15.5. The molecule has 0 unspecified atom stereocenters. The molecule has 0 radical (unpaired) electrons. The van der Waals surface area contributed by atoms with E-state index in [1.165, 1.54) is 5.69 Å². The third-order valence-corrected chi connectivity index (χ3v) is 4.68. The molecule has 0 aromatic heterocycles. The molecule has 2 amide bonds. The number of amides is 2. The first-order valence-corrected chi connectivity index (χ1v) is 9.57. The fraction of sp³-hybridized carbons (Fsp3) is 0.304. The molecule has 0 spiro atoms. The monoisotopic (exact) mass is 379 g/mol. The molecule has 2 aromatic carbocycles. The standard InChI is InChI=1S/C23H29N3O2/c1-5-26(6-2)21-14-9-19(10-15-21)17-25(4)22(27)16-11-18-7-12-20(13-8-18)23(28)24-3/h7-16H,5-6,17H2,1-4H3,(H,24,28)/b16-11+. The van der Waals surface area contributed by atoms with E-state index < -0.39 is 0 Å². The van der Waals surface area contributed by atoms with Gasteiger partial charge >= 0.3 is 0 Å². The molecular weight excluding hydrogens is 350 g/mol. The lowest BCUT2D eigenvalue weighted by Gasteiger charge is -2.21. The molecule has 0 saturated heterocycles. The van der Waals surface area contributed by atoms with Gasteiger partial charge in [-0.2, -0.15) is 0 Å². The molecule has 0 bridgehead atoms. The maximum atomic E-state index is 12.4. The van der Waals surface area contributed by atoms with Crippen LogP contribution < -0.4 is 10.2 Å². The molecule has 0 aliphatic carbocycles. The normalized spacial score (nSPS) is 10.7. The number of nitrogens with zero attached hydrogens (tertiary/aromatic N) is 2. The van der Waals surface area contributed by atoms with Gasteiger partial charge in [0.15, 0.2) is 0 Å². The average Bonchev–Trinajstić information content (AvgIpc) is 2.73. The van der Waals surface area contributed by atoms with Crippen LogP contribution in [-0.2, 0) is 11.3 Å². The van der Waals surface area contributed by atoms with Crippen LogP contribution in [0.2, 0.25) is 0 Å². The lowest BCUT2D eigenvalue weighted by atomic mass is 10.1. The Labute approximate surface area is 167 Å². The van der Waals surface area contributed by atoms with Crippen molar-refractivity contribution in [3.05, 3.63) is 71.3 Å². The van der Waals surface area contributed by atoms with Crippen molar-refractivity contribution >= 4 is 23.6 Å². The molecule has 0 fully saturated rings. The van der Waals surface area contributed by atoms with Crippen LogP contribution in [0.5, 0.6) is 0 Å². The number of carbonyl (C=O) groups is 2. The zero-order chi connectivity index (χ0) is 20.5. The summed E-state index contributed by atoms with van der Waals surface area (Å²) in [5.41, 5.74) is 3.76. The smallest absolute Gasteiger partial charge is 0.251 e. The number of anilines is 1. The van der Waals surface area contributed by atoms with E-state index in [4.69, 9.17) is 0 Å². The maximum absolute atomic E-state index is 12.4. The van der Waals surface area contributed by atoms with Crippen molar-refractivity contribution in [1.29, 1.82) is 0 Å². The number of rotatable bonds is 8. The van der Waals surface area contributed by atoms with E-state index in [0.717, 1.165) is 24.2 Å². The fourth-order valence-electron chi connectivity index (χ4n) is 2.94. The van der Waals surface area contributed by atoms with Gasteiger partial charge in [-0.05, 0) is 55.3 Å². The second kappa shape index (κ2) is 10.3. The molecular formula is C23H29N3O2. The molecule has 0 saturated carbocycles. The van der Waals surface area contributed by atoms with Gasteiger partial charge in [0.05, 0.1) is 0 Å². The summed E-state index contributed by atoms with van der Waals surface area (Å²) in [5.74, 6) is -0.193. The Morgan fingerprint density at radius 2 is 1.57 bits per heavy atom. The van der Waals surface area contributed by atoms with Gasteiger partial charge in [0.1, 0.15) is 0 Å². The van der Waals surface area contributed by atoms with E-state index >= 15 is 0 Å². The summed E-state index contributed by atoms with van der Waals surface area (Å²) < 4.78 is 0. The highest BCUT2D eigenvalue weighted by molar-refractivity contribution is 5.94. The molecule has 0 atom stereocenters. The Kier molecular flexibility index (Phi) is 7.81. The quantitative estimate of drug-likeness (QED) is 0.714. The molecule has 148 valence electrons. The zero-order valence-corrected chi connectivity index (χ0v) is 17.1. The van der Waals surface area contributed by atoms with Crippen LogP contribution in [0.15, 0.2) is 54.6 Å². The van der Waals surface area contributed by atoms with Gasteiger partial charge in [0.2, 0.25) is 5.91 Å². The van der Waals surface area contributed by atoms with Crippen molar-refractivity contribution < 1.29 is 9.59 Å². The average molecular weight is 380 g/mol. The van der Waals surface area contributed by atoms with E-state index in [0.29, 0.717) is 12.1 Å². The van der Waals surface area contributed by atoms with Crippen LogP contribution in [0, 0.1) is 0 Å². The Morgan fingerprint density at radius 1 is 0.964 bits per heavy atom. The highest BCUT2D eigenvalue weighted by Gasteiger charge is 2.07. The first kappa shape index (κ1) is 21.2. The highest BCUT2D eigenvalue weighted by Crippen LogP contribution is 2.16. The van der Waals surface area contributed by atoms with Crippen LogP contribution in [0.25, 0.3) is 6.08 Å². The zero-order valence-electron chi connectivity index (χ0n) is 17.1. The molecule has 0 aliphatic heterocycles. The fourth-order valence-corrected chi connectivity index (χ4v) is 2.94. The molecule has 5 nitrogen and oxygen atoms in total. The van der Waals surface area contributed by atoms with Crippen LogP contribution in [-0.4, -0.2) is 43.9 Å². The van der Waals surface area contributed by atoms with Gasteiger partial charge in [0, 0.05) is 51.1 Å². The van der Waals surface area contributed by atoms with Gasteiger partial charge in [-0.15, -0.1) is 0 Å². The van der Waals surface area contributed by atoms with Crippen LogP contribution in [0.3, 0.4) is 0 Å². The first-order chi connectivity index (χ1) is 13.5. The minimum atomic E-state index is -0.127. The topological polar surface area (TPSA) is 52.7 Å². The number of carbonyl (C=O) groups excluding carboxylic acids is 2. The van der Waals surface area contributed by atoms with Crippen molar-refractivity contribution in [2.75, 3.05) is 32.1 Å². The number of likely N-dealkylation sites (N-methyl/N-ethyl adjacent to an activating group) is 1. The van der Waals surface area contributed by atoms with Crippen molar-refractivity contribution in [1.82, 2.24) is 10.2 Å². The Balaban J connectivity index is 1.95. The summed E-state index contributed by atoms with van der Waals surface area (Å²) in [4.78, 5) is 27.9. The molecule has 2 aromatic rings. The van der Waals surface area contributed by atoms with E-state index in [1.807, 2.05) is 12.1 Å². The minimum absolute atomic E-state index is 0.0665. The van der Waals surface area contributed by atoms with Gasteiger partial charge in [0.25, 0.3) is 5.91 Å². The van der Waals surface area contributed by atoms with Gasteiger partial charge in [-0.3, -0.25) is 9.59 Å². The molecule has 2 rings (SSSR count). The van der Waals surface area contributed by atoms with Crippen molar-refractivity contribution in [2.45, 2.75) is 20.4 Å². The van der Waals surface area contributed by atoms with Crippen LogP contribution in [0.4, 0.5) is 5.69 Å². The lowest BCUT2D eigenvalue weighted by molar-refractivity contribution is -0.125. The molecule has 28 heavy (non-hydrogen) atoms. The molecule has 5 heteroatoms. The summed E-state index contributed by atoms with van der Waals surface area (Å²) in [6.45, 7) is 6.79. The second-order valence-electron chi connectivity index (χ2n) is 6.57. The van der Waals surface area contributed by atoms with Crippen molar-refractivity contribution in [3.63, 3.8) is 0 Å². The minimum Gasteiger partial charge on any atom is -0.372 e. The number of benzene rings is 2. The maximum Gasteiger partial charge on any atom is 0.251 e. The second-order valence-corrected chi connectivity index (χ2v) is 6.57. The third-order valence-electron chi connectivity index (χ3n) is 4.68. The van der Waals surface area contributed by atoms with E-state index in [2.05, 4.69) is 48.3 Å². The number of hydrogen-bond donors (Lipinski definition) is 1. The lowest BCUT2D eigenvalue weighted by Crippen LogP contribution is -2.24. The van der Waals surface area contributed by atoms with Gasteiger partial charge < -0.3 is 15.1 Å². The van der Waals surface area contributed by atoms with Gasteiger partial charge in [-0.1, -0.05) is 24.3 Å². The number of nitrogens with one attached hydrogen (secondary N) is 1. The predicted molar refractivity (Wildman–Crippen MR) is 115 cm³/mol. The summed E-state index contributed by atoms with van der Waals surface area (Å²) >= 11 is 0. The van der Waals surface area contributed by atoms with Crippen LogP contribution in [0.1, 0.15) is 35.3 Å². The highest BCUT2D eigenvalue weighted by atomic mass is 16.2. The molecule has 0 heterocycles. The Hall–Kier alpha value is -3.08. The first-order valence-electron chi connectivity index (χ1n) is 9.57. The molecule has 0 aliphatic rings. The third kappa shape index (κ3) is 5.71. The largest absolute Gasteiger partial charge is 0.372 e. The van der Waals surface area contributed by atoms with E-state index in [-0.39, 0.29) is 11.8 Å². The van der Waals surface area contributed by atoms with Crippen molar-refractivity contribution in [2.24, 2.45) is 0 Å². The van der Waals surface area contributed by atoms with Crippen molar-refractivity contribution in [3.8, 4) is 0 Å². The summed E-state index contributed by atoms with van der Waals surface area (Å²) in [6.07, 6.45) is 3.31. The number of hydrogen-bond acceptors (Lipinski definition) is 3. The summed E-state index contributed by atoms with van der Waals surface area (Å²) in [7, 11) is 3.39. The summed E-state index contributed by atoms with van der Waals surface area (Å²) in [5, 5.41) is 2.58. The Morgan fingerprint density at radius 3 is 2.11 bits per heavy atom. The SMILES string of the molecule is CCN(CC)c1ccc(CN(C)C(=O)/C=C/c2ccc(C(=O)NC)cc2)cc1. The predicted octanol–water partition coefficient (Wildman–Crippen LogP) is 3.56. The molecule has 1 N–H and O–H groups in total. The van der Waals surface area contributed by atoms with E-state index in [1.54, 1.807) is 43.3 Å². The van der Waals surface area contributed by atoms with Gasteiger partial charge in [-0.25, -0.2) is 0 Å².